The van der Waals surface area contributed by atoms with Crippen LogP contribution in [0.25, 0.3) is 0 Å². The third kappa shape index (κ3) is 7.91. The van der Waals surface area contributed by atoms with Crippen LogP contribution in [0.5, 0.6) is 0 Å². The maximum Gasteiger partial charge on any atom is 0.328 e. The van der Waals surface area contributed by atoms with Crippen molar-refractivity contribution in [1.82, 2.24) is 15.5 Å². The van der Waals surface area contributed by atoms with E-state index in [1.807, 2.05) is 0 Å². The fourth-order valence-corrected chi connectivity index (χ4v) is 2.84. The number of aliphatic imine (C=N–C) groups is 1. The van der Waals surface area contributed by atoms with E-state index in [1.165, 1.54) is 4.90 Å². The number of carbonyl (C=O) groups is 4. The number of nitrogens with one attached hydrogen (secondary N) is 2. The molecule has 10 N–H and O–H groups in total. The summed E-state index contributed by atoms with van der Waals surface area (Å²) >= 11 is 0. The van der Waals surface area contributed by atoms with Crippen molar-refractivity contribution in [2.75, 3.05) is 26.2 Å². The molecule has 1 heterocycles. The molecule has 3 atom stereocenters. The largest absolute Gasteiger partial charge is 0.480 e. The van der Waals surface area contributed by atoms with Gasteiger partial charge in [-0.25, -0.2) is 4.79 Å². The first kappa shape index (κ1) is 24.1. The summed E-state index contributed by atoms with van der Waals surface area (Å²) in [5.74, 6) is -3.10. The van der Waals surface area contributed by atoms with E-state index in [0.29, 0.717) is 38.8 Å². The first-order valence-corrected chi connectivity index (χ1v) is 9.19. The van der Waals surface area contributed by atoms with Gasteiger partial charge < -0.3 is 42.9 Å². The van der Waals surface area contributed by atoms with Crippen LogP contribution in [0.1, 0.15) is 25.7 Å². The minimum Gasteiger partial charge on any atom is -0.480 e. The molecule has 3 amide bonds. The number of aliphatic hydroxyl groups is 1. The molecule has 13 heteroatoms. The van der Waals surface area contributed by atoms with Crippen LogP contribution < -0.4 is 27.8 Å². The number of carboxylic acids is 1. The van der Waals surface area contributed by atoms with E-state index in [-0.39, 0.29) is 12.5 Å². The van der Waals surface area contributed by atoms with Crippen molar-refractivity contribution < 1.29 is 29.4 Å². The van der Waals surface area contributed by atoms with Crippen LogP contribution in [0.4, 0.5) is 0 Å². The van der Waals surface area contributed by atoms with Gasteiger partial charge in [-0.05, 0) is 25.7 Å². The van der Waals surface area contributed by atoms with E-state index in [2.05, 4.69) is 15.6 Å². The first-order valence-electron chi connectivity index (χ1n) is 9.19. The monoisotopic (exact) mass is 415 g/mol. The molecule has 1 fully saturated rings. The van der Waals surface area contributed by atoms with Crippen molar-refractivity contribution in [1.29, 1.82) is 0 Å². The van der Waals surface area contributed by atoms with Gasteiger partial charge in [0.05, 0.1) is 19.2 Å². The highest BCUT2D eigenvalue weighted by molar-refractivity contribution is 5.93. The molecular weight excluding hydrogens is 386 g/mol. The van der Waals surface area contributed by atoms with Crippen LogP contribution in [0.15, 0.2) is 4.99 Å². The van der Waals surface area contributed by atoms with Gasteiger partial charge in [0.25, 0.3) is 0 Å². The molecule has 164 valence electrons. The lowest BCUT2D eigenvalue weighted by Gasteiger charge is -2.25. The van der Waals surface area contributed by atoms with Crippen molar-refractivity contribution in [2.24, 2.45) is 22.2 Å². The molecule has 13 nitrogen and oxygen atoms in total. The lowest BCUT2D eigenvalue weighted by atomic mass is 10.1. The summed E-state index contributed by atoms with van der Waals surface area (Å²) in [5, 5.41) is 22.5. The van der Waals surface area contributed by atoms with Crippen LogP contribution in [-0.4, -0.2) is 89.1 Å². The second-order valence-corrected chi connectivity index (χ2v) is 6.60. The molecule has 1 saturated heterocycles. The van der Waals surface area contributed by atoms with E-state index < -0.39 is 48.4 Å². The van der Waals surface area contributed by atoms with E-state index in [4.69, 9.17) is 27.4 Å². The number of hydrogen-bond acceptors (Lipinski definition) is 7. The van der Waals surface area contributed by atoms with Gasteiger partial charge in [-0.1, -0.05) is 0 Å². The number of nitrogens with two attached hydrogens (primary N) is 3. The van der Waals surface area contributed by atoms with Crippen molar-refractivity contribution in [3.8, 4) is 0 Å². The summed E-state index contributed by atoms with van der Waals surface area (Å²) in [6.45, 7) is -0.475. The zero-order valence-corrected chi connectivity index (χ0v) is 16.0. The number of likely N-dealkylation sites (tertiary alicyclic amines) is 1. The Kier molecular flexibility index (Phi) is 9.82. The molecule has 1 aliphatic rings. The second kappa shape index (κ2) is 11.8. The lowest BCUT2D eigenvalue weighted by Crippen LogP contribution is -2.53. The summed E-state index contributed by atoms with van der Waals surface area (Å²) in [6, 6.07) is -3.15. The van der Waals surface area contributed by atoms with Crippen LogP contribution in [-0.2, 0) is 19.2 Å². The quantitative estimate of drug-likeness (QED) is 0.0990. The van der Waals surface area contributed by atoms with Gasteiger partial charge in [-0.15, -0.1) is 0 Å². The Morgan fingerprint density at radius 2 is 1.93 bits per heavy atom. The van der Waals surface area contributed by atoms with Gasteiger partial charge in [0.1, 0.15) is 12.1 Å². The Bertz CT molecular complexity index is 637. The van der Waals surface area contributed by atoms with Crippen LogP contribution >= 0.6 is 0 Å². The number of nitrogens with zero attached hydrogens (tertiary/aromatic N) is 2. The maximum absolute atomic E-state index is 12.4. The molecule has 0 aliphatic carbocycles. The van der Waals surface area contributed by atoms with Crippen molar-refractivity contribution in [3.63, 3.8) is 0 Å². The highest BCUT2D eigenvalue weighted by Crippen LogP contribution is 2.17. The SMILES string of the molecule is NC(N)=NCCCC(N)C(=O)NCC(=O)N1CCCC1C(=O)NC(CO)C(=O)O. The average Bonchev–Trinajstić information content (AvgIpc) is 3.16. The summed E-state index contributed by atoms with van der Waals surface area (Å²) in [5.41, 5.74) is 16.1. The number of aliphatic hydroxyl groups excluding tert-OH is 1. The van der Waals surface area contributed by atoms with Gasteiger partial charge in [0.15, 0.2) is 5.96 Å². The van der Waals surface area contributed by atoms with Crippen LogP contribution in [0, 0.1) is 0 Å². The average molecular weight is 415 g/mol. The summed E-state index contributed by atoms with van der Waals surface area (Å²) < 4.78 is 0. The molecule has 29 heavy (non-hydrogen) atoms. The molecule has 0 saturated carbocycles. The minimum atomic E-state index is -1.45. The molecule has 0 aromatic heterocycles. The molecule has 3 unspecified atom stereocenters. The normalized spacial score (nSPS) is 17.9. The Balaban J connectivity index is 2.49. The number of hydrogen-bond donors (Lipinski definition) is 7. The first-order chi connectivity index (χ1) is 13.7. The van der Waals surface area contributed by atoms with Gasteiger partial charge in [0.2, 0.25) is 17.7 Å². The summed E-state index contributed by atoms with van der Waals surface area (Å²) in [4.78, 5) is 52.6. The molecule has 0 aromatic rings. The van der Waals surface area contributed by atoms with Crippen molar-refractivity contribution >= 4 is 29.7 Å². The lowest BCUT2D eigenvalue weighted by molar-refractivity contribution is -0.144. The Morgan fingerprint density at radius 3 is 2.52 bits per heavy atom. The fraction of sp³-hybridized carbons (Fsp3) is 0.688. The van der Waals surface area contributed by atoms with E-state index in [1.54, 1.807) is 0 Å². The molecular formula is C16H29N7O6. The third-order valence-corrected chi connectivity index (χ3v) is 4.39. The van der Waals surface area contributed by atoms with Crippen LogP contribution in [0.3, 0.4) is 0 Å². The van der Waals surface area contributed by atoms with E-state index >= 15 is 0 Å². The number of amides is 3. The minimum absolute atomic E-state index is 0.0495. The van der Waals surface area contributed by atoms with Crippen molar-refractivity contribution in [2.45, 2.75) is 43.8 Å². The topological polar surface area (TPSA) is 226 Å². The number of aliphatic carboxylic acids is 1. The number of carbonyl (C=O) groups excluding carboxylic acids is 3. The molecule has 0 aromatic carbocycles. The van der Waals surface area contributed by atoms with Gasteiger partial charge >= 0.3 is 5.97 Å². The third-order valence-electron chi connectivity index (χ3n) is 4.39. The summed E-state index contributed by atoms with van der Waals surface area (Å²) in [6.07, 6.45) is 1.72. The maximum atomic E-state index is 12.4. The van der Waals surface area contributed by atoms with Crippen molar-refractivity contribution in [3.05, 3.63) is 0 Å². The van der Waals surface area contributed by atoms with Gasteiger partial charge in [-0.2, -0.15) is 0 Å². The molecule has 0 spiro atoms. The summed E-state index contributed by atoms with van der Waals surface area (Å²) in [7, 11) is 0. The smallest absolute Gasteiger partial charge is 0.328 e. The Hall–Kier alpha value is -2.93. The zero-order valence-electron chi connectivity index (χ0n) is 16.0. The predicted octanol–water partition coefficient (Wildman–Crippen LogP) is -3.96. The van der Waals surface area contributed by atoms with Gasteiger partial charge in [-0.3, -0.25) is 19.4 Å². The van der Waals surface area contributed by atoms with Gasteiger partial charge in [0, 0.05) is 13.1 Å². The fourth-order valence-electron chi connectivity index (χ4n) is 2.84. The standard InChI is InChI=1S/C16H29N7O6/c17-9(3-1-5-20-16(18)19)13(26)21-7-12(25)23-6-2-4-11(23)14(27)22-10(8-24)15(28)29/h9-11,24H,1-8,17H2,(H,21,26)(H,22,27)(H,28,29)(H4,18,19,20). The molecule has 0 bridgehead atoms. The van der Waals surface area contributed by atoms with Crippen LogP contribution in [0.2, 0.25) is 0 Å². The number of carboxylic acid groups (broad SMARTS) is 1. The molecule has 1 rings (SSSR count). The number of rotatable bonds is 11. The molecule has 0 radical (unpaired) electrons. The van der Waals surface area contributed by atoms with E-state index in [0.717, 1.165) is 0 Å². The predicted molar refractivity (Wildman–Crippen MR) is 102 cm³/mol. The molecule has 1 aliphatic heterocycles. The Labute approximate surface area is 167 Å². The number of guanidine groups is 1. The zero-order chi connectivity index (χ0) is 22.0. The Morgan fingerprint density at radius 1 is 1.24 bits per heavy atom. The second-order valence-electron chi connectivity index (χ2n) is 6.60. The highest BCUT2D eigenvalue weighted by atomic mass is 16.4. The highest BCUT2D eigenvalue weighted by Gasteiger charge is 2.35. The van der Waals surface area contributed by atoms with E-state index in [9.17, 15) is 19.2 Å².